The van der Waals surface area contributed by atoms with Gasteiger partial charge in [0, 0.05) is 11.6 Å². The van der Waals surface area contributed by atoms with Crippen molar-refractivity contribution in [2.45, 2.75) is 13.5 Å². The summed E-state index contributed by atoms with van der Waals surface area (Å²) >= 11 is 0. The number of rotatable bonds is 4. The van der Waals surface area contributed by atoms with Crippen molar-refractivity contribution in [2.24, 2.45) is 0 Å². The molecule has 6 N–H and O–H groups in total. The van der Waals surface area contributed by atoms with Crippen LogP contribution >= 0.6 is 0 Å². The maximum atomic E-state index is 14.2. The van der Waals surface area contributed by atoms with Gasteiger partial charge in [0.25, 0.3) is 0 Å². The molecule has 0 radical (unpaired) electrons. The Balaban J connectivity index is 2.20. The molecule has 0 spiro atoms. The number of aromatic nitrogens is 5. The van der Waals surface area contributed by atoms with Crippen molar-refractivity contribution in [1.29, 1.82) is 0 Å². The predicted molar refractivity (Wildman–Crippen MR) is 104 cm³/mol. The Morgan fingerprint density at radius 3 is 2.57 bits per heavy atom. The summed E-state index contributed by atoms with van der Waals surface area (Å²) in [6, 6.07) is 1.22. The lowest BCUT2D eigenvalue weighted by Crippen LogP contribution is -2.07. The first-order valence-corrected chi connectivity index (χ1v) is 8.04. The first kappa shape index (κ1) is 18.8. The van der Waals surface area contributed by atoms with Crippen LogP contribution in [-0.2, 0) is 6.54 Å². The van der Waals surface area contributed by atoms with Crippen molar-refractivity contribution in [3.05, 3.63) is 41.6 Å². The van der Waals surface area contributed by atoms with Gasteiger partial charge < -0.3 is 17.2 Å². The fraction of sp³-hybridized carbons (Fsp3) is 0.111. The fourth-order valence-electron chi connectivity index (χ4n) is 2.55. The molecule has 0 saturated heterocycles. The molecule has 3 rings (SSSR count). The molecule has 0 unspecified atom stereocenters. The highest BCUT2D eigenvalue weighted by molar-refractivity contribution is 5.90. The third-order valence-electron chi connectivity index (χ3n) is 3.96. The van der Waals surface area contributed by atoms with Crippen LogP contribution in [0.25, 0.3) is 22.6 Å². The van der Waals surface area contributed by atoms with E-state index in [1.165, 1.54) is 10.7 Å². The summed E-state index contributed by atoms with van der Waals surface area (Å²) < 4.78 is 29.3. The van der Waals surface area contributed by atoms with Gasteiger partial charge in [-0.25, -0.2) is 28.4 Å². The van der Waals surface area contributed by atoms with Gasteiger partial charge in [-0.05, 0) is 13.0 Å². The van der Waals surface area contributed by atoms with E-state index in [0.717, 1.165) is 12.3 Å². The first-order valence-electron chi connectivity index (χ1n) is 8.04. The number of hydrogen-bond donors (Lipinski definition) is 3. The predicted octanol–water partition coefficient (Wildman–Crippen LogP) is 2.21. The van der Waals surface area contributed by atoms with Crippen LogP contribution in [-0.4, -0.2) is 24.7 Å². The molecule has 0 aromatic carbocycles. The number of nitrogens with zero attached hydrogens (tertiary/aromatic N) is 5. The maximum Gasteiger partial charge on any atom is 0.184 e. The van der Waals surface area contributed by atoms with Crippen molar-refractivity contribution in [3.63, 3.8) is 0 Å². The lowest BCUT2D eigenvalue weighted by molar-refractivity contribution is 0.605. The highest BCUT2D eigenvalue weighted by Gasteiger charge is 2.20. The summed E-state index contributed by atoms with van der Waals surface area (Å²) in [4.78, 5) is 12.2. The number of nitrogens with two attached hydrogens (primary N) is 3. The topological polar surface area (TPSA) is 135 Å². The Labute approximate surface area is 158 Å². The van der Waals surface area contributed by atoms with E-state index in [0.29, 0.717) is 11.0 Å². The molecular weight excluding hydrogens is 366 g/mol. The van der Waals surface area contributed by atoms with Crippen LogP contribution in [0.3, 0.4) is 0 Å². The number of nitrogen functional groups attached to an aromatic ring is 3. The Morgan fingerprint density at radius 2 is 1.96 bits per heavy atom. The van der Waals surface area contributed by atoms with Crippen LogP contribution in [0.5, 0.6) is 0 Å². The highest BCUT2D eigenvalue weighted by atomic mass is 19.1. The van der Waals surface area contributed by atoms with Gasteiger partial charge >= 0.3 is 0 Å². The summed E-state index contributed by atoms with van der Waals surface area (Å²) in [6.45, 7) is 1.65. The van der Waals surface area contributed by atoms with Gasteiger partial charge in [-0.15, -0.1) is 6.42 Å². The van der Waals surface area contributed by atoms with E-state index in [4.69, 9.17) is 23.6 Å². The molecule has 28 heavy (non-hydrogen) atoms. The second-order valence-electron chi connectivity index (χ2n) is 5.74. The van der Waals surface area contributed by atoms with Crippen LogP contribution in [0.4, 0.5) is 26.1 Å². The summed E-state index contributed by atoms with van der Waals surface area (Å²) in [5.41, 5.74) is 18.0. The molecule has 0 atom stereocenters. The van der Waals surface area contributed by atoms with Gasteiger partial charge in [0.1, 0.15) is 23.0 Å². The van der Waals surface area contributed by atoms with Crippen LogP contribution in [0, 0.1) is 18.2 Å². The fourth-order valence-corrected chi connectivity index (χ4v) is 2.55. The molecule has 0 aliphatic heterocycles. The van der Waals surface area contributed by atoms with Crippen molar-refractivity contribution < 1.29 is 8.78 Å². The second kappa shape index (κ2) is 7.32. The average molecular weight is 382 g/mol. The monoisotopic (exact) mass is 382 g/mol. The SMILES string of the molecule is C#C/C=C(F)\C(=C/C)Cn1nc(-c2nc(N)c(N)c(N)n2)c2cc(F)cnc21. The van der Waals surface area contributed by atoms with Crippen LogP contribution in [0.15, 0.2) is 35.8 Å². The summed E-state index contributed by atoms with van der Waals surface area (Å²) in [7, 11) is 0. The molecule has 0 aliphatic carbocycles. The van der Waals surface area contributed by atoms with E-state index in [1.807, 2.05) is 0 Å². The van der Waals surface area contributed by atoms with Gasteiger partial charge in [0.2, 0.25) is 0 Å². The average Bonchev–Trinajstić information content (AvgIpc) is 3.01. The maximum absolute atomic E-state index is 14.2. The second-order valence-corrected chi connectivity index (χ2v) is 5.74. The molecule has 0 amide bonds. The number of terminal acetylenes is 1. The molecule has 10 heteroatoms. The number of pyridine rings is 1. The Kier molecular flexibility index (Phi) is 4.91. The van der Waals surface area contributed by atoms with E-state index >= 15 is 0 Å². The number of halogens is 2. The van der Waals surface area contributed by atoms with Gasteiger partial charge in [0.15, 0.2) is 23.1 Å². The minimum atomic E-state index is -0.589. The normalized spacial score (nSPS) is 12.4. The third kappa shape index (κ3) is 3.33. The molecule has 0 fully saturated rings. The lowest BCUT2D eigenvalue weighted by Gasteiger charge is -2.06. The lowest BCUT2D eigenvalue weighted by atomic mass is 10.2. The molecule has 0 aliphatic rings. The summed E-state index contributed by atoms with van der Waals surface area (Å²) in [5, 5.41) is 4.67. The third-order valence-corrected chi connectivity index (χ3v) is 3.96. The Morgan fingerprint density at radius 1 is 1.29 bits per heavy atom. The van der Waals surface area contributed by atoms with Crippen molar-refractivity contribution in [2.75, 3.05) is 17.2 Å². The minimum absolute atomic E-state index is 0.00438. The highest BCUT2D eigenvalue weighted by Crippen LogP contribution is 2.29. The molecule has 8 nitrogen and oxygen atoms in total. The van der Waals surface area contributed by atoms with Gasteiger partial charge in [-0.3, -0.25) is 0 Å². The van der Waals surface area contributed by atoms with Gasteiger partial charge in [-0.1, -0.05) is 12.0 Å². The Bertz CT molecular complexity index is 1150. The minimum Gasteiger partial charge on any atom is -0.393 e. The molecule has 3 aromatic heterocycles. The largest absolute Gasteiger partial charge is 0.393 e. The van der Waals surface area contributed by atoms with E-state index in [1.54, 1.807) is 13.0 Å². The smallest absolute Gasteiger partial charge is 0.184 e. The first-order chi connectivity index (χ1) is 13.3. The number of anilines is 3. The quantitative estimate of drug-likeness (QED) is 0.465. The Hall–Kier alpha value is -4.00. The number of fused-ring (bicyclic) bond motifs is 1. The molecule has 0 bridgehead atoms. The zero-order valence-electron chi connectivity index (χ0n) is 14.8. The molecule has 142 valence electrons. The number of allylic oxidation sites excluding steroid dienone is 4. The summed E-state index contributed by atoms with van der Waals surface area (Å²) in [5.74, 6) is 0.925. The van der Waals surface area contributed by atoms with Gasteiger partial charge in [-0.2, -0.15) is 5.10 Å². The van der Waals surface area contributed by atoms with Crippen LogP contribution in [0.1, 0.15) is 6.92 Å². The van der Waals surface area contributed by atoms with Crippen molar-refractivity contribution in [3.8, 4) is 23.9 Å². The van der Waals surface area contributed by atoms with Crippen LogP contribution < -0.4 is 17.2 Å². The van der Waals surface area contributed by atoms with Crippen molar-refractivity contribution in [1.82, 2.24) is 24.7 Å². The van der Waals surface area contributed by atoms with E-state index < -0.39 is 11.6 Å². The van der Waals surface area contributed by atoms with Crippen LogP contribution in [0.2, 0.25) is 0 Å². The zero-order valence-corrected chi connectivity index (χ0v) is 14.8. The van der Waals surface area contributed by atoms with E-state index in [2.05, 4.69) is 26.0 Å². The number of hydrogen-bond acceptors (Lipinski definition) is 7. The molecule has 3 aromatic rings. The summed E-state index contributed by atoms with van der Waals surface area (Å²) in [6.07, 6.45) is 8.70. The molecular formula is C18H16F2N8. The standard InChI is InChI=1S/C18H16F2N8/c1-3-5-12(20)9(4-2)8-28-18-11(6-10(19)7-24-18)14(27-28)17-25-15(22)13(21)16(23)26-17/h1,4-7H,8,21H2,2H3,(H4,22,23,25,26)/b9-4-,12-5+. The van der Waals surface area contributed by atoms with E-state index in [9.17, 15) is 8.78 Å². The van der Waals surface area contributed by atoms with E-state index in [-0.39, 0.29) is 41.0 Å². The van der Waals surface area contributed by atoms with Gasteiger partial charge in [0.05, 0.1) is 18.1 Å². The molecule has 3 heterocycles. The molecule has 0 saturated carbocycles. The van der Waals surface area contributed by atoms with Crippen molar-refractivity contribution >= 4 is 28.4 Å². The zero-order chi connectivity index (χ0) is 20.4.